The lowest BCUT2D eigenvalue weighted by molar-refractivity contribution is -0.127. The van der Waals surface area contributed by atoms with Crippen LogP contribution in [0.3, 0.4) is 0 Å². The van der Waals surface area contributed by atoms with Crippen molar-refractivity contribution in [1.82, 2.24) is 0 Å². The van der Waals surface area contributed by atoms with Gasteiger partial charge in [-0.25, -0.2) is 4.39 Å². The van der Waals surface area contributed by atoms with Crippen LogP contribution in [0.5, 0.6) is 0 Å². The summed E-state index contributed by atoms with van der Waals surface area (Å²) < 4.78 is 13.6. The highest BCUT2D eigenvalue weighted by atomic mass is 19.1. The van der Waals surface area contributed by atoms with Crippen LogP contribution in [0.15, 0.2) is 30.4 Å². The molecule has 2 nitrogen and oxygen atoms in total. The Morgan fingerprint density at radius 3 is 2.60 bits per heavy atom. The average molecular weight is 272 g/mol. The minimum absolute atomic E-state index is 0.0436. The summed E-state index contributed by atoms with van der Waals surface area (Å²) in [6, 6.07) is 4.24. The molecule has 104 valence electrons. The van der Waals surface area contributed by atoms with Crippen molar-refractivity contribution in [1.29, 1.82) is 0 Å². The topological polar surface area (TPSA) is 34.1 Å². The lowest BCUT2D eigenvalue weighted by Gasteiger charge is -2.41. The summed E-state index contributed by atoms with van der Waals surface area (Å²) in [5.41, 5.74) is 0.146. The maximum absolute atomic E-state index is 13.6. The molecular formula is C17H17FO2. The van der Waals surface area contributed by atoms with E-state index in [1.54, 1.807) is 0 Å². The van der Waals surface area contributed by atoms with Gasteiger partial charge < -0.3 is 0 Å². The molecule has 1 aromatic rings. The van der Waals surface area contributed by atoms with E-state index < -0.39 is 5.41 Å². The van der Waals surface area contributed by atoms with Crippen molar-refractivity contribution >= 4 is 11.6 Å². The SMILES string of the molecule is CC(=O)[C@@]12C(=O)c3ccc(F)cc3[C@@H]1[C@H](C)C=C[C@@H]2C. The fourth-order valence-corrected chi connectivity index (χ4v) is 4.10. The molecule has 0 heterocycles. The van der Waals surface area contributed by atoms with Crippen LogP contribution in [0.25, 0.3) is 0 Å². The molecule has 0 N–H and O–H groups in total. The zero-order chi connectivity index (χ0) is 14.7. The Kier molecular flexibility index (Phi) is 2.72. The summed E-state index contributed by atoms with van der Waals surface area (Å²) >= 11 is 0. The van der Waals surface area contributed by atoms with E-state index in [0.717, 1.165) is 0 Å². The van der Waals surface area contributed by atoms with Crippen LogP contribution in [-0.2, 0) is 4.79 Å². The van der Waals surface area contributed by atoms with Gasteiger partial charge in [0, 0.05) is 11.5 Å². The first kappa shape index (κ1) is 13.2. The van der Waals surface area contributed by atoms with Crippen LogP contribution in [0.1, 0.15) is 42.6 Å². The molecule has 4 atom stereocenters. The molecule has 3 rings (SSSR count). The molecule has 0 saturated heterocycles. The number of halogens is 1. The second-order valence-corrected chi connectivity index (χ2v) is 6.00. The maximum Gasteiger partial charge on any atom is 0.177 e. The normalized spacial score (nSPS) is 34.8. The Balaban J connectivity index is 2.33. The first-order valence-electron chi connectivity index (χ1n) is 6.94. The Labute approximate surface area is 117 Å². The number of allylic oxidation sites excluding steroid dienone is 2. The second-order valence-electron chi connectivity index (χ2n) is 6.00. The van der Waals surface area contributed by atoms with E-state index in [4.69, 9.17) is 0 Å². The number of hydrogen-bond acceptors (Lipinski definition) is 2. The molecule has 3 heteroatoms. The third-order valence-electron chi connectivity index (χ3n) is 4.99. The molecular weight excluding hydrogens is 255 g/mol. The molecule has 0 unspecified atom stereocenters. The standard InChI is InChI=1S/C17H17FO2/c1-9-4-5-10(2)17(11(3)19)15(9)14-8-12(18)6-7-13(14)16(17)20/h4-10,15H,1-3H3/t9-,10+,15+,17-/m1/s1. The first-order valence-corrected chi connectivity index (χ1v) is 6.94. The number of rotatable bonds is 1. The predicted octanol–water partition coefficient (Wildman–Crippen LogP) is 3.52. The third-order valence-corrected chi connectivity index (χ3v) is 4.99. The van der Waals surface area contributed by atoms with Gasteiger partial charge >= 0.3 is 0 Å². The molecule has 0 amide bonds. The predicted molar refractivity (Wildman–Crippen MR) is 74.1 cm³/mol. The summed E-state index contributed by atoms with van der Waals surface area (Å²) in [4.78, 5) is 25.3. The summed E-state index contributed by atoms with van der Waals surface area (Å²) in [6.45, 7) is 5.37. The number of Topliss-reactive ketones (excluding diaryl/α,β-unsaturated/α-hetero) is 2. The quantitative estimate of drug-likeness (QED) is 0.579. The van der Waals surface area contributed by atoms with E-state index in [9.17, 15) is 14.0 Å². The van der Waals surface area contributed by atoms with Crippen molar-refractivity contribution in [3.63, 3.8) is 0 Å². The molecule has 2 aliphatic carbocycles. The monoisotopic (exact) mass is 272 g/mol. The van der Waals surface area contributed by atoms with Gasteiger partial charge in [-0.15, -0.1) is 0 Å². The van der Waals surface area contributed by atoms with Crippen molar-refractivity contribution in [2.24, 2.45) is 17.3 Å². The molecule has 0 spiro atoms. The van der Waals surface area contributed by atoms with Gasteiger partial charge in [-0.2, -0.15) is 0 Å². The minimum Gasteiger partial charge on any atom is -0.299 e. The fourth-order valence-electron chi connectivity index (χ4n) is 4.10. The van der Waals surface area contributed by atoms with E-state index in [2.05, 4.69) is 0 Å². The second kappa shape index (κ2) is 4.11. The molecule has 0 bridgehead atoms. The molecule has 1 aromatic carbocycles. The van der Waals surface area contributed by atoms with E-state index in [0.29, 0.717) is 11.1 Å². The van der Waals surface area contributed by atoms with Gasteiger partial charge in [0.05, 0.1) is 0 Å². The zero-order valence-electron chi connectivity index (χ0n) is 11.8. The van der Waals surface area contributed by atoms with E-state index in [1.165, 1.54) is 25.1 Å². The van der Waals surface area contributed by atoms with Crippen molar-refractivity contribution < 1.29 is 14.0 Å². The number of ketones is 2. The van der Waals surface area contributed by atoms with Gasteiger partial charge in [-0.05, 0) is 42.5 Å². The number of carbonyl (C=O) groups is 2. The van der Waals surface area contributed by atoms with Crippen molar-refractivity contribution in [3.8, 4) is 0 Å². The number of fused-ring (bicyclic) bond motifs is 3. The fraction of sp³-hybridized carbons (Fsp3) is 0.412. The summed E-state index contributed by atoms with van der Waals surface area (Å²) in [6.07, 6.45) is 3.98. The van der Waals surface area contributed by atoms with Crippen molar-refractivity contribution in [2.75, 3.05) is 0 Å². The Bertz CT molecular complexity index is 646. The lowest BCUT2D eigenvalue weighted by Crippen LogP contribution is -2.47. The molecule has 0 aliphatic heterocycles. The minimum atomic E-state index is -1.05. The van der Waals surface area contributed by atoms with Crippen LogP contribution in [0, 0.1) is 23.1 Å². The summed E-state index contributed by atoms with van der Waals surface area (Å²) in [7, 11) is 0. The molecule has 0 radical (unpaired) electrons. The Morgan fingerprint density at radius 2 is 1.95 bits per heavy atom. The van der Waals surface area contributed by atoms with Gasteiger partial charge in [-0.1, -0.05) is 26.0 Å². The molecule has 0 aromatic heterocycles. The average Bonchev–Trinajstić information content (AvgIpc) is 2.65. The highest BCUT2D eigenvalue weighted by molar-refractivity contribution is 6.19. The maximum atomic E-state index is 13.6. The van der Waals surface area contributed by atoms with Crippen LogP contribution in [-0.4, -0.2) is 11.6 Å². The van der Waals surface area contributed by atoms with Gasteiger partial charge in [0.2, 0.25) is 0 Å². The summed E-state index contributed by atoms with van der Waals surface area (Å²) in [5.74, 6) is -0.990. The number of carbonyl (C=O) groups excluding carboxylic acids is 2. The van der Waals surface area contributed by atoms with Gasteiger partial charge in [0.25, 0.3) is 0 Å². The van der Waals surface area contributed by atoms with Crippen LogP contribution < -0.4 is 0 Å². The highest BCUT2D eigenvalue weighted by Crippen LogP contribution is 2.58. The van der Waals surface area contributed by atoms with Crippen molar-refractivity contribution in [2.45, 2.75) is 26.7 Å². The van der Waals surface area contributed by atoms with Crippen LogP contribution in [0.4, 0.5) is 4.39 Å². The highest BCUT2D eigenvalue weighted by Gasteiger charge is 2.61. The molecule has 0 fully saturated rings. The van der Waals surface area contributed by atoms with E-state index in [-0.39, 0.29) is 35.1 Å². The largest absolute Gasteiger partial charge is 0.299 e. The zero-order valence-corrected chi connectivity index (χ0v) is 11.8. The van der Waals surface area contributed by atoms with E-state index in [1.807, 2.05) is 26.0 Å². The summed E-state index contributed by atoms with van der Waals surface area (Å²) in [5, 5.41) is 0. The van der Waals surface area contributed by atoms with Gasteiger partial charge in [0.15, 0.2) is 5.78 Å². The molecule has 0 saturated carbocycles. The number of benzene rings is 1. The van der Waals surface area contributed by atoms with Crippen LogP contribution >= 0.6 is 0 Å². The van der Waals surface area contributed by atoms with Crippen molar-refractivity contribution in [3.05, 3.63) is 47.3 Å². The smallest absolute Gasteiger partial charge is 0.177 e. The lowest BCUT2D eigenvalue weighted by atomic mass is 9.58. The molecule has 20 heavy (non-hydrogen) atoms. The van der Waals surface area contributed by atoms with Gasteiger partial charge in [0.1, 0.15) is 17.0 Å². The van der Waals surface area contributed by atoms with Crippen LogP contribution in [0.2, 0.25) is 0 Å². The molecule has 2 aliphatic rings. The first-order chi connectivity index (χ1) is 9.40. The van der Waals surface area contributed by atoms with Gasteiger partial charge in [-0.3, -0.25) is 9.59 Å². The number of hydrogen-bond donors (Lipinski definition) is 0. The Hall–Kier alpha value is -1.77. The van der Waals surface area contributed by atoms with E-state index >= 15 is 0 Å². The third kappa shape index (κ3) is 1.38. The Morgan fingerprint density at radius 1 is 1.25 bits per heavy atom.